The molecule has 2 heterocycles. The quantitative estimate of drug-likeness (QED) is 0.265. The van der Waals surface area contributed by atoms with Gasteiger partial charge in [0, 0.05) is 29.5 Å². The van der Waals surface area contributed by atoms with Crippen LogP contribution in [0.4, 0.5) is 0 Å². The average molecular weight is 493 g/mol. The molecule has 4 rings (SSSR count). The van der Waals surface area contributed by atoms with Gasteiger partial charge >= 0.3 is 0 Å². The van der Waals surface area contributed by atoms with E-state index >= 15 is 0 Å². The molecule has 3 aromatic rings. The number of hydrogen-bond donors (Lipinski definition) is 1. The molecular weight excluding hydrogens is 468 g/mol. The molecule has 1 amide bonds. The van der Waals surface area contributed by atoms with Crippen LogP contribution in [0.5, 0.6) is 11.5 Å². The van der Waals surface area contributed by atoms with Crippen LogP contribution in [0.2, 0.25) is 5.02 Å². The van der Waals surface area contributed by atoms with E-state index in [1.807, 2.05) is 13.8 Å². The van der Waals surface area contributed by atoms with Crippen molar-refractivity contribution in [3.05, 3.63) is 94.3 Å². The summed E-state index contributed by atoms with van der Waals surface area (Å²) in [4.78, 5) is 31.9. The molecule has 1 fully saturated rings. The van der Waals surface area contributed by atoms with Crippen LogP contribution in [0.15, 0.2) is 72.6 Å². The minimum Gasteiger partial charge on any atom is -0.507 e. The normalized spacial score (nSPS) is 17.0. The number of Topliss-reactive ketones (excluding diaryl/α,β-unsaturated/α-hetero) is 1. The molecule has 35 heavy (non-hydrogen) atoms. The van der Waals surface area contributed by atoms with Gasteiger partial charge in [0.1, 0.15) is 5.76 Å². The molecule has 1 saturated heterocycles. The number of ketones is 1. The van der Waals surface area contributed by atoms with Crippen molar-refractivity contribution >= 4 is 29.1 Å². The molecule has 1 N–H and O–H groups in total. The summed E-state index contributed by atoms with van der Waals surface area (Å²) in [6.45, 7) is 4.76. The van der Waals surface area contributed by atoms with Crippen molar-refractivity contribution in [2.75, 3.05) is 13.2 Å². The highest BCUT2D eigenvalue weighted by Gasteiger charge is 2.46. The Labute approximate surface area is 208 Å². The van der Waals surface area contributed by atoms with Gasteiger partial charge in [-0.15, -0.1) is 0 Å². The van der Waals surface area contributed by atoms with E-state index in [2.05, 4.69) is 4.98 Å². The van der Waals surface area contributed by atoms with Crippen molar-refractivity contribution in [1.82, 2.24) is 9.88 Å². The van der Waals surface area contributed by atoms with Crippen LogP contribution in [0.3, 0.4) is 0 Å². The van der Waals surface area contributed by atoms with Gasteiger partial charge in [-0.25, -0.2) is 0 Å². The number of nitrogens with zero attached hydrogens (tertiary/aromatic N) is 2. The van der Waals surface area contributed by atoms with Crippen molar-refractivity contribution in [3.8, 4) is 11.5 Å². The summed E-state index contributed by atoms with van der Waals surface area (Å²) >= 11 is 6.00. The highest BCUT2D eigenvalue weighted by atomic mass is 35.5. The lowest BCUT2D eigenvalue weighted by atomic mass is 9.95. The van der Waals surface area contributed by atoms with E-state index < -0.39 is 17.7 Å². The standard InChI is InChI=1S/C27H25ClN2O5/c1-3-34-21-10-7-19(15-22(21)35-4-2)24-23(25(31)18-5-8-20(28)9-6-18)26(32)27(33)30(24)16-17-11-13-29-14-12-17/h5-15,24,31H,3-4,16H2,1-2H3/b25-23+. The number of rotatable bonds is 8. The summed E-state index contributed by atoms with van der Waals surface area (Å²) in [5.41, 5.74) is 1.80. The monoisotopic (exact) mass is 492 g/mol. The minimum absolute atomic E-state index is 0.00186. The lowest BCUT2D eigenvalue weighted by Gasteiger charge is -2.26. The highest BCUT2D eigenvalue weighted by molar-refractivity contribution is 6.46. The number of carbonyl (C=O) groups is 2. The first-order valence-corrected chi connectivity index (χ1v) is 11.6. The molecule has 0 saturated carbocycles. The zero-order chi connectivity index (χ0) is 24.9. The van der Waals surface area contributed by atoms with Crippen LogP contribution in [0, 0.1) is 0 Å². The molecular formula is C27H25ClN2O5. The minimum atomic E-state index is -0.839. The van der Waals surface area contributed by atoms with Crippen LogP contribution in [0.25, 0.3) is 5.76 Å². The van der Waals surface area contributed by atoms with E-state index in [1.54, 1.807) is 67.0 Å². The Kier molecular flexibility index (Phi) is 7.36. The number of pyridine rings is 1. The molecule has 0 bridgehead atoms. The summed E-state index contributed by atoms with van der Waals surface area (Å²) < 4.78 is 11.4. The molecule has 0 spiro atoms. The van der Waals surface area contributed by atoms with Crippen molar-refractivity contribution in [2.45, 2.75) is 26.4 Å². The molecule has 0 aliphatic carbocycles. The van der Waals surface area contributed by atoms with Gasteiger partial charge in [0.2, 0.25) is 0 Å². The topological polar surface area (TPSA) is 89.0 Å². The molecule has 180 valence electrons. The number of ether oxygens (including phenoxy) is 2. The fourth-order valence-corrected chi connectivity index (χ4v) is 4.20. The van der Waals surface area contributed by atoms with Crippen LogP contribution in [-0.2, 0) is 16.1 Å². The Hall–Kier alpha value is -3.84. The SMILES string of the molecule is CCOc1ccc(C2/C(=C(\O)c3ccc(Cl)cc3)C(=O)C(=O)N2Cc2ccncc2)cc1OCC. The van der Waals surface area contributed by atoms with E-state index in [9.17, 15) is 14.7 Å². The number of aliphatic hydroxyl groups is 1. The van der Waals surface area contributed by atoms with Gasteiger partial charge in [0.15, 0.2) is 11.5 Å². The van der Waals surface area contributed by atoms with E-state index in [-0.39, 0.29) is 17.9 Å². The maximum atomic E-state index is 13.2. The molecule has 1 aliphatic heterocycles. The second-order valence-electron chi connectivity index (χ2n) is 7.86. The first kappa shape index (κ1) is 24.3. The second kappa shape index (κ2) is 10.6. The Morgan fingerprint density at radius 1 is 0.971 bits per heavy atom. The van der Waals surface area contributed by atoms with Gasteiger partial charge in [-0.1, -0.05) is 17.7 Å². The molecule has 8 heteroatoms. The Bertz CT molecular complexity index is 1260. The molecule has 0 radical (unpaired) electrons. The smallest absolute Gasteiger partial charge is 0.295 e. The summed E-state index contributed by atoms with van der Waals surface area (Å²) in [6.07, 6.45) is 3.25. The number of halogens is 1. The van der Waals surface area contributed by atoms with Gasteiger partial charge in [-0.2, -0.15) is 0 Å². The summed E-state index contributed by atoms with van der Waals surface area (Å²) in [7, 11) is 0. The van der Waals surface area contributed by atoms with Crippen LogP contribution in [0.1, 0.15) is 36.6 Å². The number of aliphatic hydroxyl groups excluding tert-OH is 1. The third-order valence-electron chi connectivity index (χ3n) is 5.64. The zero-order valence-electron chi connectivity index (χ0n) is 19.4. The number of benzene rings is 2. The third-order valence-corrected chi connectivity index (χ3v) is 5.90. The summed E-state index contributed by atoms with van der Waals surface area (Å²) in [5.74, 6) is -0.679. The fraction of sp³-hybridized carbons (Fsp3) is 0.222. The first-order valence-electron chi connectivity index (χ1n) is 11.3. The number of amides is 1. The summed E-state index contributed by atoms with van der Waals surface area (Å²) in [5, 5.41) is 11.7. The molecule has 1 aliphatic rings. The van der Waals surface area contributed by atoms with Gasteiger partial charge in [-0.05, 0) is 73.5 Å². The predicted molar refractivity (Wildman–Crippen MR) is 132 cm³/mol. The van der Waals surface area contributed by atoms with Crippen molar-refractivity contribution in [3.63, 3.8) is 0 Å². The molecule has 1 atom stereocenters. The van der Waals surface area contributed by atoms with Crippen LogP contribution in [-0.4, -0.2) is 39.9 Å². The number of hydrogen-bond acceptors (Lipinski definition) is 6. The Morgan fingerprint density at radius 3 is 2.29 bits per heavy atom. The predicted octanol–water partition coefficient (Wildman–Crippen LogP) is 5.15. The van der Waals surface area contributed by atoms with Crippen molar-refractivity contribution in [2.24, 2.45) is 0 Å². The average Bonchev–Trinajstić information content (AvgIpc) is 3.11. The van der Waals surface area contributed by atoms with E-state index in [4.69, 9.17) is 21.1 Å². The highest BCUT2D eigenvalue weighted by Crippen LogP contribution is 2.42. The number of aromatic nitrogens is 1. The maximum absolute atomic E-state index is 13.2. The lowest BCUT2D eigenvalue weighted by Crippen LogP contribution is -2.29. The van der Waals surface area contributed by atoms with E-state index in [0.29, 0.717) is 40.9 Å². The van der Waals surface area contributed by atoms with Crippen LogP contribution < -0.4 is 9.47 Å². The molecule has 7 nitrogen and oxygen atoms in total. The molecule has 2 aromatic carbocycles. The lowest BCUT2D eigenvalue weighted by molar-refractivity contribution is -0.140. The zero-order valence-corrected chi connectivity index (χ0v) is 20.2. The fourth-order valence-electron chi connectivity index (χ4n) is 4.08. The van der Waals surface area contributed by atoms with Gasteiger partial charge in [-0.3, -0.25) is 14.6 Å². The first-order chi connectivity index (χ1) is 16.9. The Morgan fingerprint density at radius 2 is 1.63 bits per heavy atom. The van der Waals surface area contributed by atoms with E-state index in [1.165, 1.54) is 4.90 Å². The summed E-state index contributed by atoms with van der Waals surface area (Å²) in [6, 6.07) is 14.4. The maximum Gasteiger partial charge on any atom is 0.295 e. The van der Waals surface area contributed by atoms with E-state index in [0.717, 1.165) is 5.56 Å². The van der Waals surface area contributed by atoms with Gasteiger partial charge < -0.3 is 19.5 Å². The number of likely N-dealkylation sites (tertiary alicyclic amines) is 1. The largest absolute Gasteiger partial charge is 0.507 e. The molecule has 1 aromatic heterocycles. The van der Waals surface area contributed by atoms with Crippen molar-refractivity contribution < 1.29 is 24.2 Å². The van der Waals surface area contributed by atoms with Gasteiger partial charge in [0.05, 0.1) is 24.8 Å². The Balaban J connectivity index is 1.88. The van der Waals surface area contributed by atoms with Crippen molar-refractivity contribution in [1.29, 1.82) is 0 Å². The third kappa shape index (κ3) is 5.00. The number of carbonyl (C=O) groups excluding carboxylic acids is 2. The van der Waals surface area contributed by atoms with Gasteiger partial charge in [0.25, 0.3) is 11.7 Å². The second-order valence-corrected chi connectivity index (χ2v) is 8.30. The molecule has 1 unspecified atom stereocenters. The van der Waals surface area contributed by atoms with Crippen LogP contribution >= 0.6 is 11.6 Å².